The molecule has 1 saturated heterocycles. The number of phenols is 1. The molecule has 4 N–H and O–H groups in total. The van der Waals surface area contributed by atoms with Gasteiger partial charge in [-0.05, 0) is 67.1 Å². The van der Waals surface area contributed by atoms with E-state index in [2.05, 4.69) is 0 Å². The highest BCUT2D eigenvalue weighted by molar-refractivity contribution is 8.18. The van der Waals surface area contributed by atoms with Crippen LogP contribution in [0.25, 0.3) is 6.08 Å². The summed E-state index contributed by atoms with van der Waals surface area (Å²) in [5, 5.41) is 20.3. The van der Waals surface area contributed by atoms with Crippen LogP contribution in [-0.2, 0) is 11.4 Å². The van der Waals surface area contributed by atoms with Gasteiger partial charge in [0.05, 0.1) is 24.3 Å². The molecular weight excluding hydrogens is 426 g/mol. The largest absolute Gasteiger partial charge is 0.504 e. The number of ether oxygens (including phenoxy) is 1. The molecule has 2 aromatic carbocycles. The van der Waals surface area contributed by atoms with Gasteiger partial charge in [-0.2, -0.15) is 0 Å². The molecule has 32 heavy (non-hydrogen) atoms. The molecule has 1 amide bonds. The highest BCUT2D eigenvalue weighted by Gasteiger charge is 2.33. The van der Waals surface area contributed by atoms with Crippen LogP contribution < -0.4 is 10.5 Å². The van der Waals surface area contributed by atoms with Crippen molar-refractivity contribution in [3.63, 3.8) is 0 Å². The SMILES string of the molecule is COc1cc(C=C2SC(=Nc3ccccc3)N(CCCCCCN)C2=O)cc(CO)c1O. The van der Waals surface area contributed by atoms with Gasteiger partial charge in [0.15, 0.2) is 16.7 Å². The summed E-state index contributed by atoms with van der Waals surface area (Å²) < 4.78 is 5.20. The van der Waals surface area contributed by atoms with Crippen LogP contribution in [0.15, 0.2) is 52.4 Å². The van der Waals surface area contributed by atoms with Crippen molar-refractivity contribution in [3.05, 3.63) is 58.5 Å². The minimum atomic E-state index is -0.337. The average Bonchev–Trinajstić information content (AvgIpc) is 3.09. The van der Waals surface area contributed by atoms with Crippen molar-refractivity contribution in [3.8, 4) is 11.5 Å². The first-order valence-electron chi connectivity index (χ1n) is 10.6. The Balaban J connectivity index is 1.89. The number of carbonyl (C=O) groups is 1. The maximum atomic E-state index is 13.2. The second kappa shape index (κ2) is 11.7. The number of thioether (sulfide) groups is 1. The number of amidine groups is 1. The Morgan fingerprint density at radius 3 is 2.59 bits per heavy atom. The number of aliphatic imine (C=N–C) groups is 1. The third-order valence-electron chi connectivity index (χ3n) is 5.07. The van der Waals surface area contributed by atoms with Crippen LogP contribution in [-0.4, -0.2) is 46.4 Å². The van der Waals surface area contributed by atoms with E-state index in [1.807, 2.05) is 30.3 Å². The molecule has 0 radical (unpaired) electrons. The number of unbranched alkanes of at least 4 members (excludes halogenated alkanes) is 3. The lowest BCUT2D eigenvalue weighted by Gasteiger charge is -2.15. The summed E-state index contributed by atoms with van der Waals surface area (Å²) in [7, 11) is 1.44. The number of rotatable bonds is 10. The molecule has 1 fully saturated rings. The number of para-hydroxylation sites is 1. The molecule has 7 nitrogen and oxygen atoms in total. The molecule has 2 aromatic rings. The number of hydrogen-bond acceptors (Lipinski definition) is 7. The number of aliphatic hydroxyl groups excluding tert-OH is 1. The van der Waals surface area contributed by atoms with Crippen molar-refractivity contribution >= 4 is 34.6 Å². The zero-order chi connectivity index (χ0) is 22.9. The fraction of sp³-hybridized carbons (Fsp3) is 0.333. The van der Waals surface area contributed by atoms with E-state index < -0.39 is 0 Å². The Bertz CT molecular complexity index is 967. The van der Waals surface area contributed by atoms with Gasteiger partial charge in [-0.1, -0.05) is 31.0 Å². The van der Waals surface area contributed by atoms with Crippen molar-refractivity contribution in [2.45, 2.75) is 32.3 Å². The fourth-order valence-electron chi connectivity index (χ4n) is 3.37. The second-order valence-corrected chi connectivity index (χ2v) is 8.40. The number of carbonyl (C=O) groups excluding carboxylic acids is 1. The number of nitrogens with two attached hydrogens (primary N) is 1. The molecule has 1 heterocycles. The van der Waals surface area contributed by atoms with Gasteiger partial charge in [-0.3, -0.25) is 9.69 Å². The van der Waals surface area contributed by atoms with Crippen LogP contribution in [0.5, 0.6) is 11.5 Å². The van der Waals surface area contributed by atoms with E-state index in [1.54, 1.807) is 23.1 Å². The molecule has 3 rings (SSSR count). The summed E-state index contributed by atoms with van der Waals surface area (Å²) in [5.41, 5.74) is 7.34. The molecule has 8 heteroatoms. The van der Waals surface area contributed by atoms with Gasteiger partial charge in [-0.25, -0.2) is 4.99 Å². The summed E-state index contributed by atoms with van der Waals surface area (Å²) in [6.07, 6.45) is 5.63. The molecule has 0 unspecified atom stereocenters. The Morgan fingerprint density at radius 1 is 1.16 bits per heavy atom. The van der Waals surface area contributed by atoms with Gasteiger partial charge in [0.1, 0.15) is 0 Å². The van der Waals surface area contributed by atoms with Crippen molar-refractivity contribution in [2.75, 3.05) is 20.2 Å². The lowest BCUT2D eigenvalue weighted by molar-refractivity contribution is -0.122. The summed E-state index contributed by atoms with van der Waals surface area (Å²) in [5.74, 6) is 0.0304. The first kappa shape index (κ1) is 23.8. The molecule has 170 valence electrons. The summed E-state index contributed by atoms with van der Waals surface area (Å²) in [4.78, 5) is 20.2. The van der Waals surface area contributed by atoms with Crippen molar-refractivity contribution in [2.24, 2.45) is 10.7 Å². The van der Waals surface area contributed by atoms with E-state index >= 15 is 0 Å². The molecule has 0 aliphatic carbocycles. The number of nitrogens with zero attached hydrogens (tertiary/aromatic N) is 2. The first-order valence-corrected chi connectivity index (χ1v) is 11.4. The van der Waals surface area contributed by atoms with Crippen LogP contribution >= 0.6 is 11.8 Å². The molecule has 0 bridgehead atoms. The van der Waals surface area contributed by atoms with E-state index in [0.717, 1.165) is 31.4 Å². The molecule has 0 atom stereocenters. The van der Waals surface area contributed by atoms with E-state index in [0.29, 0.717) is 34.3 Å². The number of benzene rings is 2. The summed E-state index contributed by atoms with van der Waals surface area (Å²) in [6, 6.07) is 12.8. The van der Waals surface area contributed by atoms with E-state index in [4.69, 9.17) is 15.5 Å². The Morgan fingerprint density at radius 2 is 1.91 bits per heavy atom. The molecule has 0 aromatic heterocycles. The van der Waals surface area contributed by atoms with Crippen LogP contribution in [0.1, 0.15) is 36.8 Å². The van der Waals surface area contributed by atoms with Crippen LogP contribution in [0.2, 0.25) is 0 Å². The van der Waals surface area contributed by atoms with Gasteiger partial charge in [-0.15, -0.1) is 0 Å². The summed E-state index contributed by atoms with van der Waals surface area (Å²) >= 11 is 1.32. The minimum Gasteiger partial charge on any atom is -0.504 e. The predicted molar refractivity (Wildman–Crippen MR) is 129 cm³/mol. The van der Waals surface area contributed by atoms with Crippen molar-refractivity contribution in [1.82, 2.24) is 4.90 Å². The number of methoxy groups -OCH3 is 1. The molecular formula is C24H29N3O4S. The van der Waals surface area contributed by atoms with Crippen molar-refractivity contribution in [1.29, 1.82) is 0 Å². The minimum absolute atomic E-state index is 0.104. The normalized spacial score (nSPS) is 16.3. The van der Waals surface area contributed by atoms with E-state index in [9.17, 15) is 15.0 Å². The van der Waals surface area contributed by atoms with Gasteiger partial charge in [0.25, 0.3) is 5.91 Å². The zero-order valence-electron chi connectivity index (χ0n) is 18.2. The second-order valence-electron chi connectivity index (χ2n) is 7.39. The number of hydrogen-bond donors (Lipinski definition) is 3. The first-order chi connectivity index (χ1) is 15.6. The van der Waals surface area contributed by atoms with Crippen LogP contribution in [0.3, 0.4) is 0 Å². The van der Waals surface area contributed by atoms with Gasteiger partial charge in [0.2, 0.25) is 0 Å². The molecule has 1 aliphatic heterocycles. The van der Waals surface area contributed by atoms with Crippen LogP contribution in [0, 0.1) is 0 Å². The maximum absolute atomic E-state index is 13.2. The smallest absolute Gasteiger partial charge is 0.266 e. The monoisotopic (exact) mass is 455 g/mol. The average molecular weight is 456 g/mol. The van der Waals surface area contributed by atoms with E-state index in [-0.39, 0.29) is 24.0 Å². The lowest BCUT2D eigenvalue weighted by atomic mass is 10.1. The number of aromatic hydroxyl groups is 1. The number of aliphatic hydroxyl groups is 1. The van der Waals surface area contributed by atoms with Crippen molar-refractivity contribution < 1.29 is 19.7 Å². The van der Waals surface area contributed by atoms with Gasteiger partial charge < -0.3 is 20.7 Å². The Labute approximate surface area is 192 Å². The third-order valence-corrected chi connectivity index (χ3v) is 6.08. The van der Waals surface area contributed by atoms with E-state index in [1.165, 1.54) is 18.9 Å². The van der Waals surface area contributed by atoms with Crippen LogP contribution in [0.4, 0.5) is 5.69 Å². The van der Waals surface area contributed by atoms with Gasteiger partial charge in [0, 0.05) is 12.1 Å². The lowest BCUT2D eigenvalue weighted by Crippen LogP contribution is -2.30. The zero-order valence-corrected chi connectivity index (χ0v) is 19.0. The molecule has 0 saturated carbocycles. The molecule has 1 aliphatic rings. The third kappa shape index (κ3) is 5.91. The number of amides is 1. The Kier molecular flexibility index (Phi) is 8.72. The quantitative estimate of drug-likeness (QED) is 0.369. The Hall–Kier alpha value is -2.81. The maximum Gasteiger partial charge on any atom is 0.266 e. The summed E-state index contributed by atoms with van der Waals surface area (Å²) in [6.45, 7) is 0.925. The standard InChI is InChI=1S/C24H29N3O4S/c1-31-20-14-17(13-18(16-28)22(20)29)15-21-23(30)27(12-8-3-2-7-11-25)24(32-21)26-19-9-5-4-6-10-19/h4-6,9-10,13-15,28-29H,2-3,7-8,11-12,16,25H2,1H3. The predicted octanol–water partition coefficient (Wildman–Crippen LogP) is 4.02. The highest BCUT2D eigenvalue weighted by atomic mass is 32.2. The topological polar surface area (TPSA) is 108 Å². The molecule has 0 spiro atoms. The fourth-order valence-corrected chi connectivity index (χ4v) is 4.39. The highest BCUT2D eigenvalue weighted by Crippen LogP contribution is 2.37. The van der Waals surface area contributed by atoms with Gasteiger partial charge >= 0.3 is 0 Å².